The minimum absolute atomic E-state index is 0.161. The smallest absolute Gasteiger partial charge is 0.227 e. The minimum Gasteiger partial charge on any atom is -0.496 e. The molecule has 2 fully saturated rings. The Kier molecular flexibility index (Phi) is 7.30. The molecule has 1 N–H and O–H groups in total. The molecule has 3 heterocycles. The first-order valence-corrected chi connectivity index (χ1v) is 13.2. The average molecular weight is 491 g/mol. The van der Waals surface area contributed by atoms with E-state index in [0.29, 0.717) is 19.4 Å². The summed E-state index contributed by atoms with van der Waals surface area (Å²) in [4.78, 5) is 30.8. The number of fused-ring (bicyclic) bond motifs is 1. The molecular formula is C29H38N4O3. The van der Waals surface area contributed by atoms with Crippen LogP contribution in [0.25, 0.3) is 0 Å². The zero-order chi connectivity index (χ0) is 25.2. The van der Waals surface area contributed by atoms with Crippen molar-refractivity contribution in [2.75, 3.05) is 39.2 Å². The number of carbonyl (C=O) groups is 2. The number of benzene rings is 2. The first-order chi connectivity index (χ1) is 17.5. The van der Waals surface area contributed by atoms with Crippen LogP contribution in [0.1, 0.15) is 54.8 Å². The van der Waals surface area contributed by atoms with E-state index in [9.17, 15) is 9.59 Å². The van der Waals surface area contributed by atoms with Crippen molar-refractivity contribution in [2.45, 2.75) is 63.2 Å². The maximum absolute atomic E-state index is 12.3. The Hall–Kier alpha value is -2.90. The second-order valence-electron chi connectivity index (χ2n) is 10.4. The van der Waals surface area contributed by atoms with E-state index in [1.165, 1.54) is 11.1 Å². The first-order valence-electron chi connectivity index (χ1n) is 13.2. The van der Waals surface area contributed by atoms with Crippen LogP contribution in [-0.4, -0.2) is 68.0 Å². The van der Waals surface area contributed by atoms with Gasteiger partial charge in [-0.15, -0.1) is 0 Å². The Morgan fingerprint density at radius 2 is 1.81 bits per heavy atom. The Morgan fingerprint density at radius 1 is 1.00 bits per heavy atom. The number of methoxy groups -OCH3 is 1. The minimum atomic E-state index is 0.161. The van der Waals surface area contributed by atoms with Gasteiger partial charge in [-0.1, -0.05) is 30.3 Å². The van der Waals surface area contributed by atoms with Crippen molar-refractivity contribution in [1.29, 1.82) is 0 Å². The standard InChI is InChI=1S/C29H38N4O3/c1-31-23(12-14-27(31)34)19-33-15-7-10-24(29(33)20-8-5-4-6-9-20)30-18-22-16-25-21(17-26(22)36-3)11-13-28(35)32(25)2/h4-6,8-9,16-17,23-24,29-30H,7,10-15,18-19H2,1-3H3/t23-,24-,29+/m0/s1. The molecule has 3 atom stereocenters. The summed E-state index contributed by atoms with van der Waals surface area (Å²) >= 11 is 0. The molecule has 2 saturated heterocycles. The fourth-order valence-corrected chi connectivity index (χ4v) is 6.20. The van der Waals surface area contributed by atoms with E-state index >= 15 is 0 Å². The van der Waals surface area contributed by atoms with E-state index in [1.54, 1.807) is 12.0 Å². The number of hydrogen-bond acceptors (Lipinski definition) is 5. The summed E-state index contributed by atoms with van der Waals surface area (Å²) in [6.45, 7) is 2.60. The lowest BCUT2D eigenvalue weighted by molar-refractivity contribution is -0.128. The van der Waals surface area contributed by atoms with Crippen LogP contribution >= 0.6 is 0 Å². The molecular weight excluding hydrogens is 452 g/mol. The van der Waals surface area contributed by atoms with Crippen molar-refractivity contribution in [3.63, 3.8) is 0 Å². The molecule has 0 radical (unpaired) electrons. The topological polar surface area (TPSA) is 65.1 Å². The summed E-state index contributed by atoms with van der Waals surface area (Å²) in [5, 5.41) is 3.86. The third kappa shape index (κ3) is 4.87. The summed E-state index contributed by atoms with van der Waals surface area (Å²) < 4.78 is 5.77. The Labute approximate surface area is 214 Å². The van der Waals surface area contributed by atoms with Gasteiger partial charge in [0.1, 0.15) is 5.75 Å². The number of nitrogens with zero attached hydrogens (tertiary/aromatic N) is 3. The van der Waals surface area contributed by atoms with Crippen LogP contribution in [0.15, 0.2) is 42.5 Å². The number of piperidine rings is 1. The lowest BCUT2D eigenvalue weighted by Gasteiger charge is -2.44. The maximum Gasteiger partial charge on any atom is 0.227 e. The Morgan fingerprint density at radius 3 is 2.53 bits per heavy atom. The normalized spacial score (nSPS) is 24.8. The summed E-state index contributed by atoms with van der Waals surface area (Å²) in [7, 11) is 5.53. The summed E-state index contributed by atoms with van der Waals surface area (Å²) in [5.41, 5.74) is 4.54. The first kappa shape index (κ1) is 24.8. The molecule has 0 bridgehead atoms. The number of nitrogens with one attached hydrogen (secondary N) is 1. The molecule has 192 valence electrons. The molecule has 3 aliphatic rings. The second kappa shape index (κ2) is 10.6. The van der Waals surface area contributed by atoms with Gasteiger partial charge in [0.25, 0.3) is 0 Å². The number of ether oxygens (including phenoxy) is 1. The largest absolute Gasteiger partial charge is 0.496 e. The number of carbonyl (C=O) groups excluding carboxylic acids is 2. The molecule has 2 aromatic rings. The van der Waals surface area contributed by atoms with Gasteiger partial charge in [0.2, 0.25) is 11.8 Å². The molecule has 0 unspecified atom stereocenters. The van der Waals surface area contributed by atoms with Crippen LogP contribution in [0, 0.1) is 0 Å². The van der Waals surface area contributed by atoms with Crippen molar-refractivity contribution in [1.82, 2.24) is 15.1 Å². The highest BCUT2D eigenvalue weighted by Crippen LogP contribution is 2.36. The van der Waals surface area contributed by atoms with Crippen molar-refractivity contribution in [3.8, 4) is 5.75 Å². The summed E-state index contributed by atoms with van der Waals surface area (Å²) in [6.07, 6.45) is 5.09. The van der Waals surface area contributed by atoms with Crippen LogP contribution in [-0.2, 0) is 22.6 Å². The lowest BCUT2D eigenvalue weighted by atomic mass is 9.89. The molecule has 5 rings (SSSR count). The fourth-order valence-electron chi connectivity index (χ4n) is 6.20. The third-order valence-corrected chi connectivity index (χ3v) is 8.33. The summed E-state index contributed by atoms with van der Waals surface area (Å²) in [6, 6.07) is 15.7. The molecule has 0 aliphatic carbocycles. The molecule has 3 aliphatic heterocycles. The Balaban J connectivity index is 1.38. The Bertz CT molecular complexity index is 1110. The molecule has 2 aromatic carbocycles. The molecule has 36 heavy (non-hydrogen) atoms. The van der Waals surface area contributed by atoms with Crippen LogP contribution in [0.3, 0.4) is 0 Å². The third-order valence-electron chi connectivity index (χ3n) is 8.33. The molecule has 2 amide bonds. The second-order valence-corrected chi connectivity index (χ2v) is 10.4. The van der Waals surface area contributed by atoms with Gasteiger partial charge in [0.05, 0.1) is 13.2 Å². The van der Waals surface area contributed by atoms with Gasteiger partial charge in [-0.3, -0.25) is 14.5 Å². The number of amides is 2. The van der Waals surface area contributed by atoms with Crippen molar-refractivity contribution < 1.29 is 14.3 Å². The van der Waals surface area contributed by atoms with Gasteiger partial charge >= 0.3 is 0 Å². The molecule has 7 heteroatoms. The average Bonchev–Trinajstić information content (AvgIpc) is 3.22. The van der Waals surface area contributed by atoms with E-state index in [-0.39, 0.29) is 29.9 Å². The SMILES string of the molecule is COc1cc2c(cc1CN[C@H]1CCCN(C[C@@H]3CCC(=O)N3C)[C@@H]1c1ccccc1)N(C)C(=O)CC2. The van der Waals surface area contributed by atoms with E-state index in [4.69, 9.17) is 4.74 Å². The fraction of sp³-hybridized carbons (Fsp3) is 0.517. The van der Waals surface area contributed by atoms with Crippen molar-refractivity contribution in [2.24, 2.45) is 0 Å². The number of rotatable bonds is 7. The van der Waals surface area contributed by atoms with Crippen molar-refractivity contribution in [3.05, 3.63) is 59.2 Å². The number of anilines is 1. The number of likely N-dealkylation sites (N-methyl/N-ethyl adjacent to an activating group) is 1. The lowest BCUT2D eigenvalue weighted by Crippen LogP contribution is -2.51. The zero-order valence-corrected chi connectivity index (χ0v) is 21.7. The van der Waals surface area contributed by atoms with Gasteiger partial charge in [-0.2, -0.15) is 0 Å². The number of aryl methyl sites for hydroxylation is 1. The van der Waals surface area contributed by atoms with E-state index < -0.39 is 0 Å². The molecule has 0 aromatic heterocycles. The zero-order valence-electron chi connectivity index (χ0n) is 21.7. The van der Waals surface area contributed by atoms with Crippen LogP contribution < -0.4 is 15.0 Å². The van der Waals surface area contributed by atoms with Gasteiger partial charge in [0, 0.05) is 63.4 Å². The predicted molar refractivity (Wildman–Crippen MR) is 141 cm³/mol. The predicted octanol–water partition coefficient (Wildman–Crippen LogP) is 3.52. The van der Waals surface area contributed by atoms with Gasteiger partial charge in [-0.25, -0.2) is 0 Å². The quantitative estimate of drug-likeness (QED) is 0.644. The highest BCUT2D eigenvalue weighted by molar-refractivity contribution is 5.96. The van der Waals surface area contributed by atoms with E-state index in [2.05, 4.69) is 52.7 Å². The monoisotopic (exact) mass is 490 g/mol. The van der Waals surface area contributed by atoms with E-state index in [1.807, 2.05) is 19.0 Å². The molecule has 0 saturated carbocycles. The van der Waals surface area contributed by atoms with Crippen molar-refractivity contribution >= 4 is 17.5 Å². The van der Waals surface area contributed by atoms with Gasteiger partial charge in [-0.05, 0) is 55.5 Å². The highest BCUT2D eigenvalue weighted by Gasteiger charge is 2.37. The van der Waals surface area contributed by atoms with Crippen LogP contribution in [0.5, 0.6) is 5.75 Å². The molecule has 0 spiro atoms. The van der Waals surface area contributed by atoms with Crippen LogP contribution in [0.2, 0.25) is 0 Å². The number of hydrogen-bond donors (Lipinski definition) is 1. The summed E-state index contributed by atoms with van der Waals surface area (Å²) in [5.74, 6) is 1.29. The molecule has 7 nitrogen and oxygen atoms in total. The van der Waals surface area contributed by atoms with Gasteiger partial charge in [0.15, 0.2) is 0 Å². The van der Waals surface area contributed by atoms with E-state index in [0.717, 1.165) is 55.8 Å². The van der Waals surface area contributed by atoms with Gasteiger partial charge < -0.3 is 19.9 Å². The number of likely N-dealkylation sites (tertiary alicyclic amines) is 2. The van der Waals surface area contributed by atoms with Crippen LogP contribution in [0.4, 0.5) is 5.69 Å². The maximum atomic E-state index is 12.3. The highest BCUT2D eigenvalue weighted by atomic mass is 16.5.